The van der Waals surface area contributed by atoms with Crippen molar-refractivity contribution in [2.24, 2.45) is 0 Å². The predicted molar refractivity (Wildman–Crippen MR) is 71.6 cm³/mol. The fraction of sp³-hybridized carbons (Fsp3) is 0.200. The van der Waals surface area contributed by atoms with Crippen molar-refractivity contribution < 1.29 is 12.9 Å². The normalized spacial score (nSPS) is 11.7. The number of nitrogens with zero attached hydrogens (tertiary/aromatic N) is 2. The van der Waals surface area contributed by atoms with Crippen LogP contribution in [0.25, 0.3) is 0 Å². The molecule has 0 fully saturated rings. The summed E-state index contributed by atoms with van der Waals surface area (Å²) >= 11 is 3.17. The molecule has 0 aliphatic carbocycles. The molecule has 0 aliphatic heterocycles. The molecule has 19 heavy (non-hydrogen) atoms. The highest BCUT2D eigenvalue weighted by Gasteiger charge is 2.18. The van der Waals surface area contributed by atoms with Gasteiger partial charge in [0, 0.05) is 17.1 Å². The van der Waals surface area contributed by atoms with E-state index in [0.717, 1.165) is 0 Å². The van der Waals surface area contributed by atoms with Crippen LogP contribution in [-0.2, 0) is 16.6 Å². The Morgan fingerprint density at radius 1 is 1.47 bits per heavy atom. The quantitative estimate of drug-likeness (QED) is 0.804. The van der Waals surface area contributed by atoms with Crippen LogP contribution in [0, 0.1) is 6.92 Å². The van der Waals surface area contributed by atoms with Crippen LogP contribution in [0.3, 0.4) is 0 Å². The smallest absolute Gasteiger partial charge is 0.242 e. The molecule has 1 heterocycles. The van der Waals surface area contributed by atoms with Crippen molar-refractivity contribution in [1.82, 2.24) is 14.9 Å². The molecule has 0 aliphatic rings. The SMILES string of the molecule is Cc1nc(CNS(=O)(=O)c2cc(N)ccc2Br)no1. The van der Waals surface area contributed by atoms with Gasteiger partial charge in [0.1, 0.15) is 0 Å². The molecule has 2 aromatic rings. The maximum Gasteiger partial charge on any atom is 0.242 e. The van der Waals surface area contributed by atoms with Crippen molar-refractivity contribution in [1.29, 1.82) is 0 Å². The molecule has 0 spiro atoms. The van der Waals surface area contributed by atoms with Gasteiger partial charge in [-0.2, -0.15) is 4.98 Å². The van der Waals surface area contributed by atoms with Gasteiger partial charge in [-0.3, -0.25) is 0 Å². The Morgan fingerprint density at radius 2 is 2.21 bits per heavy atom. The number of aryl methyl sites for hydroxylation is 1. The number of halogens is 1. The molecule has 0 atom stereocenters. The second kappa shape index (κ2) is 5.27. The molecular formula is C10H11BrN4O3S. The average Bonchev–Trinajstić information content (AvgIpc) is 2.76. The molecule has 3 N–H and O–H groups in total. The van der Waals surface area contributed by atoms with Gasteiger partial charge >= 0.3 is 0 Å². The predicted octanol–water partition coefficient (Wildman–Crippen LogP) is 1.20. The largest absolute Gasteiger partial charge is 0.399 e. The first-order valence-corrected chi connectivity index (χ1v) is 7.50. The number of hydrogen-bond donors (Lipinski definition) is 2. The molecule has 2 rings (SSSR count). The van der Waals surface area contributed by atoms with Gasteiger partial charge in [-0.25, -0.2) is 13.1 Å². The van der Waals surface area contributed by atoms with E-state index in [2.05, 4.69) is 30.8 Å². The molecule has 0 saturated heterocycles. The fourth-order valence-electron chi connectivity index (χ4n) is 1.38. The Hall–Kier alpha value is -1.45. The van der Waals surface area contributed by atoms with Gasteiger partial charge in [-0.15, -0.1) is 0 Å². The van der Waals surface area contributed by atoms with Crippen LogP contribution in [0.5, 0.6) is 0 Å². The van der Waals surface area contributed by atoms with Crippen molar-refractivity contribution in [3.8, 4) is 0 Å². The topological polar surface area (TPSA) is 111 Å². The zero-order valence-corrected chi connectivity index (χ0v) is 12.3. The molecule has 7 nitrogen and oxygen atoms in total. The summed E-state index contributed by atoms with van der Waals surface area (Å²) in [5.74, 6) is 0.639. The lowest BCUT2D eigenvalue weighted by molar-refractivity contribution is 0.387. The molecule has 0 saturated carbocycles. The van der Waals surface area contributed by atoms with Gasteiger partial charge in [-0.1, -0.05) is 5.16 Å². The first kappa shape index (κ1) is 14.0. The van der Waals surface area contributed by atoms with Crippen LogP contribution in [0.1, 0.15) is 11.7 Å². The highest BCUT2D eigenvalue weighted by atomic mass is 79.9. The maximum absolute atomic E-state index is 12.1. The Bertz CT molecular complexity index is 699. The lowest BCUT2D eigenvalue weighted by Crippen LogP contribution is -2.24. The van der Waals surface area contributed by atoms with E-state index in [1.807, 2.05) is 0 Å². The first-order valence-electron chi connectivity index (χ1n) is 5.22. The summed E-state index contributed by atoms with van der Waals surface area (Å²) in [6.45, 7) is 1.57. The van der Waals surface area contributed by atoms with Crippen molar-refractivity contribution in [3.05, 3.63) is 34.4 Å². The minimum Gasteiger partial charge on any atom is -0.399 e. The number of nitrogen functional groups attached to an aromatic ring is 1. The van der Waals surface area contributed by atoms with E-state index >= 15 is 0 Å². The van der Waals surface area contributed by atoms with Crippen LogP contribution >= 0.6 is 15.9 Å². The van der Waals surface area contributed by atoms with Crippen molar-refractivity contribution >= 4 is 31.6 Å². The summed E-state index contributed by atoms with van der Waals surface area (Å²) in [6.07, 6.45) is 0. The third-order valence-electron chi connectivity index (χ3n) is 2.23. The summed E-state index contributed by atoms with van der Waals surface area (Å²) in [6, 6.07) is 4.54. The van der Waals surface area contributed by atoms with Crippen LogP contribution in [0.4, 0.5) is 5.69 Å². The minimum atomic E-state index is -3.70. The second-order valence-corrected chi connectivity index (χ2v) is 6.33. The number of rotatable bonds is 4. The maximum atomic E-state index is 12.1. The number of aromatic nitrogens is 2. The standard InChI is InChI=1S/C10H11BrN4O3S/c1-6-14-10(15-18-6)5-13-19(16,17)9-4-7(12)2-3-8(9)11/h2-4,13H,5,12H2,1H3. The van der Waals surface area contributed by atoms with E-state index in [4.69, 9.17) is 10.3 Å². The molecule has 0 amide bonds. The first-order chi connectivity index (χ1) is 8.88. The average molecular weight is 347 g/mol. The Morgan fingerprint density at radius 3 is 2.84 bits per heavy atom. The zero-order chi connectivity index (χ0) is 14.0. The van der Waals surface area contributed by atoms with Gasteiger partial charge in [0.05, 0.1) is 11.4 Å². The van der Waals surface area contributed by atoms with E-state index in [9.17, 15) is 8.42 Å². The highest BCUT2D eigenvalue weighted by molar-refractivity contribution is 9.10. The van der Waals surface area contributed by atoms with E-state index in [1.165, 1.54) is 6.07 Å². The van der Waals surface area contributed by atoms with Crippen LogP contribution < -0.4 is 10.5 Å². The molecule has 0 bridgehead atoms. The molecule has 9 heteroatoms. The molecular weight excluding hydrogens is 336 g/mol. The number of nitrogens with two attached hydrogens (primary N) is 1. The Kier molecular flexibility index (Phi) is 3.88. The minimum absolute atomic E-state index is 0.0547. The van der Waals surface area contributed by atoms with Crippen LogP contribution in [0.2, 0.25) is 0 Å². The lowest BCUT2D eigenvalue weighted by atomic mass is 10.3. The van der Waals surface area contributed by atoms with Crippen LogP contribution in [-0.4, -0.2) is 18.6 Å². The van der Waals surface area contributed by atoms with Gasteiger partial charge in [0.2, 0.25) is 15.9 Å². The number of nitrogens with one attached hydrogen (secondary N) is 1. The number of hydrogen-bond acceptors (Lipinski definition) is 6. The molecule has 102 valence electrons. The van der Waals surface area contributed by atoms with Gasteiger partial charge in [-0.05, 0) is 34.1 Å². The summed E-state index contributed by atoms with van der Waals surface area (Å²) in [4.78, 5) is 3.97. The number of sulfonamides is 1. The summed E-state index contributed by atoms with van der Waals surface area (Å²) in [7, 11) is -3.70. The summed E-state index contributed by atoms with van der Waals surface area (Å²) < 4.78 is 31.8. The van der Waals surface area contributed by atoms with E-state index in [1.54, 1.807) is 19.1 Å². The van der Waals surface area contributed by atoms with Crippen LogP contribution in [0.15, 0.2) is 32.1 Å². The molecule has 0 radical (unpaired) electrons. The van der Waals surface area contributed by atoms with Gasteiger partial charge < -0.3 is 10.3 Å². The molecule has 1 aromatic heterocycles. The number of benzene rings is 1. The third-order valence-corrected chi connectivity index (χ3v) is 4.63. The lowest BCUT2D eigenvalue weighted by Gasteiger charge is -2.07. The highest BCUT2D eigenvalue weighted by Crippen LogP contribution is 2.24. The fourth-order valence-corrected chi connectivity index (χ4v) is 3.35. The van der Waals surface area contributed by atoms with Crippen molar-refractivity contribution in [3.63, 3.8) is 0 Å². The van der Waals surface area contributed by atoms with Crippen molar-refractivity contribution in [2.75, 3.05) is 5.73 Å². The summed E-state index contributed by atoms with van der Waals surface area (Å²) in [5.41, 5.74) is 5.94. The Balaban J connectivity index is 2.20. The van der Waals surface area contributed by atoms with Crippen molar-refractivity contribution in [2.45, 2.75) is 18.4 Å². The van der Waals surface area contributed by atoms with E-state index in [-0.39, 0.29) is 17.3 Å². The van der Waals surface area contributed by atoms with Gasteiger partial charge in [0.25, 0.3) is 0 Å². The second-order valence-electron chi connectivity index (χ2n) is 3.74. The monoisotopic (exact) mass is 346 g/mol. The summed E-state index contributed by atoms with van der Waals surface area (Å²) in [5, 5.41) is 3.60. The van der Waals surface area contributed by atoms with Gasteiger partial charge in [0.15, 0.2) is 5.82 Å². The molecule has 1 aromatic carbocycles. The third kappa shape index (κ3) is 3.31. The Labute approximate surface area is 118 Å². The van der Waals surface area contributed by atoms with E-state index in [0.29, 0.717) is 16.1 Å². The molecule has 0 unspecified atom stereocenters. The zero-order valence-electron chi connectivity index (χ0n) is 9.92. The number of anilines is 1. The van der Waals surface area contributed by atoms with E-state index < -0.39 is 10.0 Å².